The monoisotopic (exact) mass is 657 g/mol. The first kappa shape index (κ1) is 33.0. The van der Waals surface area contributed by atoms with Crippen LogP contribution >= 0.6 is 46.4 Å². The fourth-order valence-electron chi connectivity index (χ4n) is 4.09. The zero-order valence-corrected chi connectivity index (χ0v) is 26.6. The number of hydrogen-bond acceptors (Lipinski definition) is 4. The van der Waals surface area contributed by atoms with E-state index in [0.717, 1.165) is 4.31 Å². The molecule has 1 N–H and O–H groups in total. The number of rotatable bonds is 12. The number of amides is 2. The van der Waals surface area contributed by atoms with E-state index in [4.69, 9.17) is 46.4 Å². The molecule has 0 heterocycles. The topological polar surface area (TPSA) is 86.8 Å². The van der Waals surface area contributed by atoms with Crippen LogP contribution in [0.25, 0.3) is 0 Å². The van der Waals surface area contributed by atoms with Crippen molar-refractivity contribution in [3.8, 4) is 0 Å². The largest absolute Gasteiger partial charge is 0.354 e. The Hall–Kier alpha value is -2.49. The molecule has 0 aromatic heterocycles. The first-order valence-corrected chi connectivity index (χ1v) is 15.8. The molecule has 0 aliphatic carbocycles. The number of hydrogen-bond donors (Lipinski definition) is 1. The summed E-state index contributed by atoms with van der Waals surface area (Å²) in [5.74, 6) is -0.821. The van der Waals surface area contributed by atoms with Gasteiger partial charge in [-0.15, -0.1) is 0 Å². The van der Waals surface area contributed by atoms with Crippen LogP contribution in [0.2, 0.25) is 20.1 Å². The van der Waals surface area contributed by atoms with Crippen LogP contribution in [0, 0.1) is 5.92 Å². The Bertz CT molecular complexity index is 1490. The summed E-state index contributed by atoms with van der Waals surface area (Å²) in [6.07, 6.45) is 0.268. The second kappa shape index (κ2) is 14.6. The standard InChI is InChI=1S/C29H31Cl4N3O4S/c1-4-26(29(38)34-16-19(2)3)35(17-20-10-11-21(30)14-25(20)33)28(37)18-36(27-15-22(31)12-13-24(27)32)41(39,40)23-8-6-5-7-9-23/h5-15,19,26H,4,16-18H2,1-3H3,(H,34,38)/t26-/m1/s1. The molecule has 12 heteroatoms. The number of halogens is 4. The number of sulfonamides is 1. The summed E-state index contributed by atoms with van der Waals surface area (Å²) >= 11 is 25.2. The van der Waals surface area contributed by atoms with Gasteiger partial charge >= 0.3 is 0 Å². The van der Waals surface area contributed by atoms with E-state index in [1.54, 1.807) is 43.3 Å². The van der Waals surface area contributed by atoms with Crippen molar-refractivity contribution in [3.63, 3.8) is 0 Å². The molecule has 3 rings (SSSR count). The van der Waals surface area contributed by atoms with Crippen LogP contribution in [0.5, 0.6) is 0 Å². The highest BCUT2D eigenvalue weighted by molar-refractivity contribution is 7.92. The van der Waals surface area contributed by atoms with Gasteiger partial charge < -0.3 is 10.2 Å². The Morgan fingerprint density at radius 1 is 0.878 bits per heavy atom. The van der Waals surface area contributed by atoms with Gasteiger partial charge in [-0.2, -0.15) is 0 Å². The first-order valence-electron chi connectivity index (χ1n) is 12.9. The number of carbonyl (C=O) groups is 2. The molecule has 0 unspecified atom stereocenters. The molecule has 0 spiro atoms. The number of anilines is 1. The number of benzene rings is 3. The van der Waals surface area contributed by atoms with Gasteiger partial charge in [0.2, 0.25) is 11.8 Å². The lowest BCUT2D eigenvalue weighted by atomic mass is 10.1. The highest BCUT2D eigenvalue weighted by atomic mass is 35.5. The van der Waals surface area contributed by atoms with E-state index in [1.807, 2.05) is 13.8 Å². The molecule has 2 amide bonds. The molecule has 220 valence electrons. The third-order valence-electron chi connectivity index (χ3n) is 6.21. The van der Waals surface area contributed by atoms with Crippen molar-refractivity contribution < 1.29 is 18.0 Å². The molecule has 0 fully saturated rings. The predicted octanol–water partition coefficient (Wildman–Crippen LogP) is 7.08. The summed E-state index contributed by atoms with van der Waals surface area (Å²) in [7, 11) is -4.28. The van der Waals surface area contributed by atoms with Gasteiger partial charge in [0, 0.05) is 28.2 Å². The van der Waals surface area contributed by atoms with Crippen molar-refractivity contribution in [2.24, 2.45) is 5.92 Å². The van der Waals surface area contributed by atoms with Gasteiger partial charge in [-0.3, -0.25) is 13.9 Å². The van der Waals surface area contributed by atoms with Crippen LogP contribution in [0.3, 0.4) is 0 Å². The third-order valence-corrected chi connectivity index (χ3v) is 9.13. The average Bonchev–Trinajstić information content (AvgIpc) is 2.93. The molecule has 0 aliphatic heterocycles. The third kappa shape index (κ3) is 8.52. The molecule has 0 saturated heterocycles. The Kier molecular flexibility index (Phi) is 11.8. The minimum atomic E-state index is -4.28. The van der Waals surface area contributed by atoms with E-state index in [0.29, 0.717) is 22.2 Å². The predicted molar refractivity (Wildman–Crippen MR) is 166 cm³/mol. The maximum absolute atomic E-state index is 14.1. The summed E-state index contributed by atoms with van der Waals surface area (Å²) in [5, 5.41) is 3.90. The molecule has 0 bridgehead atoms. The Morgan fingerprint density at radius 3 is 2.12 bits per heavy atom. The summed E-state index contributed by atoms with van der Waals surface area (Å²) in [6.45, 7) is 5.38. The highest BCUT2D eigenvalue weighted by Crippen LogP contribution is 2.33. The van der Waals surface area contributed by atoms with Gasteiger partial charge in [-0.1, -0.05) is 91.4 Å². The second-order valence-electron chi connectivity index (χ2n) is 9.74. The van der Waals surface area contributed by atoms with Crippen LogP contribution in [0.4, 0.5) is 5.69 Å². The Labute approximate surface area is 261 Å². The number of carbonyl (C=O) groups excluding carboxylic acids is 2. The van der Waals surface area contributed by atoms with E-state index >= 15 is 0 Å². The van der Waals surface area contributed by atoms with Crippen molar-refractivity contribution in [3.05, 3.63) is 92.4 Å². The van der Waals surface area contributed by atoms with Gasteiger partial charge in [0.15, 0.2) is 0 Å². The fourth-order valence-corrected chi connectivity index (χ4v) is 6.44. The molecule has 3 aromatic rings. The van der Waals surface area contributed by atoms with E-state index in [-0.39, 0.29) is 45.4 Å². The smallest absolute Gasteiger partial charge is 0.264 e. The quantitative estimate of drug-likeness (QED) is 0.225. The van der Waals surface area contributed by atoms with Crippen LogP contribution in [0.1, 0.15) is 32.8 Å². The van der Waals surface area contributed by atoms with Crippen LogP contribution < -0.4 is 9.62 Å². The molecule has 1 atom stereocenters. The summed E-state index contributed by atoms with van der Waals surface area (Å²) < 4.78 is 28.7. The maximum Gasteiger partial charge on any atom is 0.264 e. The lowest BCUT2D eigenvalue weighted by molar-refractivity contribution is -0.140. The van der Waals surface area contributed by atoms with Gasteiger partial charge in [0.1, 0.15) is 12.6 Å². The molecule has 3 aromatic carbocycles. The minimum absolute atomic E-state index is 0.0261. The number of nitrogens with zero attached hydrogens (tertiary/aromatic N) is 2. The normalized spacial score (nSPS) is 12.2. The minimum Gasteiger partial charge on any atom is -0.354 e. The summed E-state index contributed by atoms with van der Waals surface area (Å²) in [6, 6.07) is 15.9. The summed E-state index contributed by atoms with van der Waals surface area (Å²) in [5.41, 5.74) is 0.566. The molecule has 7 nitrogen and oxygen atoms in total. The van der Waals surface area contributed by atoms with E-state index in [1.165, 1.54) is 35.2 Å². The zero-order valence-electron chi connectivity index (χ0n) is 22.8. The molecular formula is C29H31Cl4N3O4S. The fraction of sp³-hybridized carbons (Fsp3) is 0.310. The van der Waals surface area contributed by atoms with E-state index in [2.05, 4.69) is 5.32 Å². The van der Waals surface area contributed by atoms with Gasteiger partial charge in [-0.05, 0) is 60.4 Å². The van der Waals surface area contributed by atoms with Gasteiger partial charge in [0.25, 0.3) is 10.0 Å². The van der Waals surface area contributed by atoms with Crippen molar-refractivity contribution in [1.29, 1.82) is 0 Å². The van der Waals surface area contributed by atoms with Crippen molar-refractivity contribution in [2.45, 2.75) is 44.7 Å². The second-order valence-corrected chi connectivity index (χ2v) is 13.3. The van der Waals surface area contributed by atoms with Crippen molar-refractivity contribution in [1.82, 2.24) is 10.2 Å². The molecule has 41 heavy (non-hydrogen) atoms. The van der Waals surface area contributed by atoms with E-state index < -0.39 is 28.5 Å². The highest BCUT2D eigenvalue weighted by Gasteiger charge is 2.34. The zero-order chi connectivity index (χ0) is 30.3. The van der Waals surface area contributed by atoms with E-state index in [9.17, 15) is 18.0 Å². The SMILES string of the molecule is CC[C@H](C(=O)NCC(C)C)N(Cc1ccc(Cl)cc1Cl)C(=O)CN(c1cc(Cl)ccc1Cl)S(=O)(=O)c1ccccc1. The average molecular weight is 659 g/mol. The summed E-state index contributed by atoms with van der Waals surface area (Å²) in [4.78, 5) is 28.7. The molecule has 0 radical (unpaired) electrons. The van der Waals surface area contributed by atoms with Gasteiger partial charge in [-0.25, -0.2) is 8.42 Å². The van der Waals surface area contributed by atoms with Gasteiger partial charge in [0.05, 0.1) is 15.6 Å². The van der Waals surface area contributed by atoms with Crippen molar-refractivity contribution in [2.75, 3.05) is 17.4 Å². The van der Waals surface area contributed by atoms with Crippen molar-refractivity contribution >= 4 is 73.9 Å². The first-order chi connectivity index (χ1) is 19.3. The van der Waals surface area contributed by atoms with Crippen LogP contribution in [0.15, 0.2) is 71.6 Å². The maximum atomic E-state index is 14.1. The lowest BCUT2D eigenvalue weighted by Gasteiger charge is -2.33. The molecule has 0 saturated carbocycles. The molecular weight excluding hydrogens is 628 g/mol. The lowest BCUT2D eigenvalue weighted by Crippen LogP contribution is -2.52. The molecule has 0 aliphatic rings. The Balaban J connectivity index is 2.10. The number of nitrogens with one attached hydrogen (secondary N) is 1. The van der Waals surface area contributed by atoms with Crippen LogP contribution in [-0.4, -0.2) is 44.3 Å². The van der Waals surface area contributed by atoms with Crippen LogP contribution in [-0.2, 0) is 26.2 Å². The Morgan fingerprint density at radius 2 is 1.51 bits per heavy atom.